The second kappa shape index (κ2) is 2.18. The highest BCUT2D eigenvalue weighted by atomic mass is 15.1. The van der Waals surface area contributed by atoms with Gasteiger partial charge in [0, 0.05) is 24.5 Å². The third kappa shape index (κ3) is 0.798. The van der Waals surface area contributed by atoms with Gasteiger partial charge in [0.2, 0.25) is 0 Å². The standard InChI is InChI=1S/C9H8N/c1-3-7-10-8-4-2-6-9(10)5-1/h1-5,7H,8H2. The van der Waals surface area contributed by atoms with Gasteiger partial charge in [-0.3, -0.25) is 0 Å². The molecule has 0 bridgehead atoms. The number of allylic oxidation sites excluding steroid dienone is 5. The highest BCUT2D eigenvalue weighted by Gasteiger charge is 2.05. The van der Waals surface area contributed by atoms with E-state index in [9.17, 15) is 0 Å². The zero-order valence-electron chi connectivity index (χ0n) is 5.62. The Hall–Kier alpha value is -1.24. The van der Waals surface area contributed by atoms with Gasteiger partial charge in [-0.2, -0.15) is 0 Å². The SMILES string of the molecule is [C]1=C2C=CC=CN2CC=C1. The molecule has 2 aliphatic heterocycles. The van der Waals surface area contributed by atoms with Crippen molar-refractivity contribution in [3.8, 4) is 0 Å². The lowest BCUT2D eigenvalue weighted by molar-refractivity contribution is 0.520. The number of fused-ring (bicyclic) bond motifs is 1. The Balaban J connectivity index is 2.34. The Morgan fingerprint density at radius 2 is 2.40 bits per heavy atom. The Bertz CT molecular complexity index is 243. The van der Waals surface area contributed by atoms with Crippen molar-refractivity contribution in [3.05, 3.63) is 48.4 Å². The molecule has 0 spiro atoms. The van der Waals surface area contributed by atoms with E-state index in [0.717, 1.165) is 12.2 Å². The first-order valence-corrected chi connectivity index (χ1v) is 3.37. The second-order valence-electron chi connectivity index (χ2n) is 2.28. The van der Waals surface area contributed by atoms with Crippen LogP contribution in [0, 0.1) is 6.08 Å². The van der Waals surface area contributed by atoms with E-state index in [0.29, 0.717) is 0 Å². The van der Waals surface area contributed by atoms with E-state index in [-0.39, 0.29) is 0 Å². The fourth-order valence-electron chi connectivity index (χ4n) is 1.08. The van der Waals surface area contributed by atoms with E-state index in [1.54, 1.807) is 0 Å². The molecule has 0 aromatic carbocycles. The summed E-state index contributed by atoms with van der Waals surface area (Å²) in [7, 11) is 0. The molecule has 0 unspecified atom stereocenters. The first kappa shape index (κ1) is 5.54. The largest absolute Gasteiger partial charge is 0.344 e. The van der Waals surface area contributed by atoms with Crippen molar-refractivity contribution in [2.45, 2.75) is 0 Å². The van der Waals surface area contributed by atoms with Crippen molar-refractivity contribution in [1.82, 2.24) is 4.90 Å². The van der Waals surface area contributed by atoms with Crippen LogP contribution in [0.1, 0.15) is 0 Å². The lowest BCUT2D eigenvalue weighted by atomic mass is 10.2. The van der Waals surface area contributed by atoms with Crippen LogP contribution in [-0.4, -0.2) is 11.4 Å². The predicted molar refractivity (Wildman–Crippen MR) is 40.9 cm³/mol. The first-order valence-electron chi connectivity index (χ1n) is 3.37. The summed E-state index contributed by atoms with van der Waals surface area (Å²) in [6.07, 6.45) is 15.4. The summed E-state index contributed by atoms with van der Waals surface area (Å²) in [6, 6.07) is 0. The quantitative estimate of drug-likeness (QED) is 0.481. The van der Waals surface area contributed by atoms with Gasteiger partial charge < -0.3 is 4.90 Å². The van der Waals surface area contributed by atoms with Gasteiger partial charge in [0.25, 0.3) is 0 Å². The molecule has 0 aliphatic carbocycles. The molecular formula is C9H8N. The molecule has 0 aromatic rings. The summed E-state index contributed by atoms with van der Waals surface area (Å²) < 4.78 is 0. The predicted octanol–water partition coefficient (Wildman–Crippen LogP) is 1.63. The highest BCUT2D eigenvalue weighted by molar-refractivity contribution is 5.30. The maximum atomic E-state index is 3.14. The minimum absolute atomic E-state index is 0.975. The maximum absolute atomic E-state index is 3.14. The molecule has 2 heterocycles. The topological polar surface area (TPSA) is 3.24 Å². The zero-order valence-corrected chi connectivity index (χ0v) is 5.62. The van der Waals surface area contributed by atoms with Crippen LogP contribution in [0.15, 0.2) is 42.3 Å². The Morgan fingerprint density at radius 1 is 1.40 bits per heavy atom. The monoisotopic (exact) mass is 130 g/mol. The average Bonchev–Trinajstić information content (AvgIpc) is 2.05. The van der Waals surface area contributed by atoms with Crippen molar-refractivity contribution in [1.29, 1.82) is 0 Å². The third-order valence-corrected chi connectivity index (χ3v) is 1.59. The average molecular weight is 130 g/mol. The molecule has 2 aliphatic rings. The summed E-state index contributed by atoms with van der Waals surface area (Å²) in [5.41, 5.74) is 1.16. The van der Waals surface area contributed by atoms with Crippen molar-refractivity contribution in [3.63, 3.8) is 0 Å². The van der Waals surface area contributed by atoms with Crippen molar-refractivity contribution >= 4 is 0 Å². The summed E-state index contributed by atoms with van der Waals surface area (Å²) >= 11 is 0. The van der Waals surface area contributed by atoms with Crippen molar-refractivity contribution in [2.75, 3.05) is 6.54 Å². The normalized spacial score (nSPS) is 20.8. The molecule has 1 nitrogen and oxygen atoms in total. The van der Waals surface area contributed by atoms with Crippen LogP contribution in [0.3, 0.4) is 0 Å². The van der Waals surface area contributed by atoms with Crippen LogP contribution in [0.2, 0.25) is 0 Å². The molecule has 0 saturated heterocycles. The van der Waals surface area contributed by atoms with Gasteiger partial charge in [-0.1, -0.05) is 18.2 Å². The second-order valence-corrected chi connectivity index (χ2v) is 2.28. The minimum Gasteiger partial charge on any atom is -0.344 e. The summed E-state index contributed by atoms with van der Waals surface area (Å²) in [4.78, 5) is 2.15. The molecule has 2 rings (SSSR count). The van der Waals surface area contributed by atoms with Crippen molar-refractivity contribution < 1.29 is 0 Å². The minimum atomic E-state index is 0.975. The van der Waals surface area contributed by atoms with E-state index in [1.165, 1.54) is 0 Å². The maximum Gasteiger partial charge on any atom is 0.0489 e. The third-order valence-electron chi connectivity index (χ3n) is 1.59. The molecule has 1 radical (unpaired) electrons. The van der Waals surface area contributed by atoms with Crippen LogP contribution >= 0.6 is 0 Å². The molecule has 10 heavy (non-hydrogen) atoms. The summed E-state index contributed by atoms with van der Waals surface area (Å²) in [5.74, 6) is 0. The van der Waals surface area contributed by atoms with Crippen LogP contribution in [-0.2, 0) is 0 Å². The number of nitrogens with zero attached hydrogens (tertiary/aromatic N) is 1. The number of hydrogen-bond acceptors (Lipinski definition) is 1. The summed E-state index contributed by atoms with van der Waals surface area (Å²) in [6.45, 7) is 0.975. The van der Waals surface area contributed by atoms with E-state index in [4.69, 9.17) is 0 Å². The molecular weight excluding hydrogens is 122 g/mol. The molecule has 0 aromatic heterocycles. The Labute approximate surface area is 60.6 Å². The molecule has 49 valence electrons. The van der Waals surface area contributed by atoms with Crippen LogP contribution in [0.25, 0.3) is 0 Å². The number of rotatable bonds is 0. The fourth-order valence-corrected chi connectivity index (χ4v) is 1.08. The van der Waals surface area contributed by atoms with Gasteiger partial charge in [0.1, 0.15) is 0 Å². The first-order chi connectivity index (χ1) is 4.97. The molecule has 0 N–H and O–H groups in total. The van der Waals surface area contributed by atoms with Crippen LogP contribution in [0.4, 0.5) is 0 Å². The molecule has 1 heteroatoms. The van der Waals surface area contributed by atoms with Crippen LogP contribution in [0.5, 0.6) is 0 Å². The van der Waals surface area contributed by atoms with Gasteiger partial charge in [-0.05, 0) is 12.2 Å². The van der Waals surface area contributed by atoms with Gasteiger partial charge in [0.15, 0.2) is 0 Å². The molecule has 0 amide bonds. The Kier molecular flexibility index (Phi) is 1.21. The van der Waals surface area contributed by atoms with Gasteiger partial charge in [0.05, 0.1) is 0 Å². The van der Waals surface area contributed by atoms with E-state index < -0.39 is 0 Å². The smallest absolute Gasteiger partial charge is 0.0489 e. The molecule has 0 fully saturated rings. The van der Waals surface area contributed by atoms with E-state index >= 15 is 0 Å². The van der Waals surface area contributed by atoms with E-state index in [2.05, 4.69) is 29.3 Å². The lowest BCUT2D eigenvalue weighted by Gasteiger charge is -2.23. The number of hydrogen-bond donors (Lipinski definition) is 0. The summed E-state index contributed by atoms with van der Waals surface area (Å²) in [5, 5.41) is 0. The molecule has 0 saturated carbocycles. The fraction of sp³-hybridized carbons (Fsp3) is 0.111. The lowest BCUT2D eigenvalue weighted by Crippen LogP contribution is -2.18. The molecule has 0 atom stereocenters. The zero-order chi connectivity index (χ0) is 6.81. The Morgan fingerprint density at radius 3 is 3.30 bits per heavy atom. The van der Waals surface area contributed by atoms with Gasteiger partial charge in [-0.15, -0.1) is 0 Å². The highest BCUT2D eigenvalue weighted by Crippen LogP contribution is 2.14. The van der Waals surface area contributed by atoms with Crippen molar-refractivity contribution in [2.24, 2.45) is 0 Å². The van der Waals surface area contributed by atoms with E-state index in [1.807, 2.05) is 18.2 Å². The van der Waals surface area contributed by atoms with Gasteiger partial charge in [-0.25, -0.2) is 0 Å². The van der Waals surface area contributed by atoms with Gasteiger partial charge >= 0.3 is 0 Å². The van der Waals surface area contributed by atoms with Crippen LogP contribution < -0.4 is 0 Å².